The predicted octanol–water partition coefficient (Wildman–Crippen LogP) is 3.64. The van der Waals surface area contributed by atoms with Crippen LogP contribution >= 0.6 is 0 Å². The van der Waals surface area contributed by atoms with Crippen molar-refractivity contribution in [2.75, 3.05) is 14.2 Å². The van der Waals surface area contributed by atoms with Crippen molar-refractivity contribution in [3.05, 3.63) is 35.1 Å². The smallest absolute Gasteiger partial charge is 0.134 e. The van der Waals surface area contributed by atoms with Gasteiger partial charge in [0.1, 0.15) is 11.3 Å². The van der Waals surface area contributed by atoms with E-state index in [0.717, 1.165) is 24.3 Å². The van der Waals surface area contributed by atoms with E-state index in [1.807, 2.05) is 7.05 Å². The molecule has 0 fully saturated rings. The molecule has 0 aliphatic rings. The molecule has 3 nitrogen and oxygen atoms in total. The molecule has 3 heteroatoms. The van der Waals surface area contributed by atoms with Crippen molar-refractivity contribution in [3.63, 3.8) is 0 Å². The number of fused-ring (bicyclic) bond motifs is 1. The molecule has 0 radical (unpaired) electrons. The molecule has 0 aliphatic carbocycles. The maximum Gasteiger partial charge on any atom is 0.134 e. The van der Waals surface area contributed by atoms with E-state index in [1.165, 1.54) is 29.4 Å². The summed E-state index contributed by atoms with van der Waals surface area (Å²) in [5, 5.41) is 4.34. The summed E-state index contributed by atoms with van der Waals surface area (Å²) in [4.78, 5) is 0. The van der Waals surface area contributed by atoms with Crippen molar-refractivity contribution >= 4 is 11.0 Å². The molecule has 0 unspecified atom stereocenters. The average Bonchev–Trinajstić information content (AvgIpc) is 2.75. The van der Waals surface area contributed by atoms with Crippen molar-refractivity contribution in [2.45, 2.75) is 39.3 Å². The van der Waals surface area contributed by atoms with Crippen LogP contribution in [0.3, 0.4) is 0 Å². The minimum absolute atomic E-state index is 0.598. The number of hydrogen-bond donors (Lipinski definition) is 1. The number of aryl methyl sites for hydroxylation is 1. The number of rotatable bonds is 7. The maximum absolute atomic E-state index is 5.91. The summed E-state index contributed by atoms with van der Waals surface area (Å²) in [7, 11) is 3.65. The average molecular weight is 261 g/mol. The van der Waals surface area contributed by atoms with E-state index < -0.39 is 0 Å². The fourth-order valence-corrected chi connectivity index (χ4v) is 2.39. The molecule has 0 atom stereocenters. The molecule has 0 spiro atoms. The van der Waals surface area contributed by atoms with E-state index in [2.05, 4.69) is 30.4 Å². The molecule has 2 aromatic rings. The fourth-order valence-electron chi connectivity index (χ4n) is 2.39. The zero-order valence-corrected chi connectivity index (χ0v) is 12.1. The SMILES string of the molecule is CCCCc1ccc2oc(CNC)c(COC)c2c1. The van der Waals surface area contributed by atoms with Gasteiger partial charge in [-0.3, -0.25) is 0 Å². The molecule has 0 saturated carbocycles. The van der Waals surface area contributed by atoms with Crippen LogP contribution in [0.15, 0.2) is 22.6 Å². The van der Waals surface area contributed by atoms with Crippen LogP contribution in [0, 0.1) is 0 Å². The first-order valence-corrected chi connectivity index (χ1v) is 6.96. The quantitative estimate of drug-likeness (QED) is 0.826. The highest BCUT2D eigenvalue weighted by Gasteiger charge is 2.13. The number of furan rings is 1. The van der Waals surface area contributed by atoms with Gasteiger partial charge in [0.2, 0.25) is 0 Å². The fraction of sp³-hybridized carbons (Fsp3) is 0.500. The zero-order valence-electron chi connectivity index (χ0n) is 12.1. The van der Waals surface area contributed by atoms with E-state index >= 15 is 0 Å². The van der Waals surface area contributed by atoms with Crippen LogP contribution in [0.4, 0.5) is 0 Å². The Kier molecular flexibility index (Phi) is 5.00. The second kappa shape index (κ2) is 6.73. The van der Waals surface area contributed by atoms with Crippen LogP contribution in [0.25, 0.3) is 11.0 Å². The first-order chi connectivity index (χ1) is 9.30. The third kappa shape index (κ3) is 3.17. The molecular formula is C16H23NO2. The molecule has 0 saturated heterocycles. The number of unbranched alkanes of at least 4 members (excludes halogenated alkanes) is 1. The number of methoxy groups -OCH3 is 1. The van der Waals surface area contributed by atoms with Crippen LogP contribution in [0.1, 0.15) is 36.7 Å². The van der Waals surface area contributed by atoms with Crippen LogP contribution in [0.5, 0.6) is 0 Å². The third-order valence-corrected chi connectivity index (χ3v) is 3.38. The monoisotopic (exact) mass is 261 g/mol. The lowest BCUT2D eigenvalue weighted by molar-refractivity contribution is 0.183. The minimum Gasteiger partial charge on any atom is -0.459 e. The summed E-state index contributed by atoms with van der Waals surface area (Å²) in [6.07, 6.45) is 3.58. The molecule has 104 valence electrons. The summed E-state index contributed by atoms with van der Waals surface area (Å²) in [5.74, 6) is 0.979. The third-order valence-electron chi connectivity index (χ3n) is 3.38. The number of ether oxygens (including phenoxy) is 1. The zero-order chi connectivity index (χ0) is 13.7. The minimum atomic E-state index is 0.598. The van der Waals surface area contributed by atoms with Gasteiger partial charge >= 0.3 is 0 Å². The van der Waals surface area contributed by atoms with Crippen molar-refractivity contribution < 1.29 is 9.15 Å². The van der Waals surface area contributed by atoms with E-state index in [-0.39, 0.29) is 0 Å². The Balaban J connectivity index is 2.40. The van der Waals surface area contributed by atoms with Crippen molar-refractivity contribution in [1.29, 1.82) is 0 Å². The molecular weight excluding hydrogens is 238 g/mol. The molecule has 1 aromatic heterocycles. The number of nitrogens with one attached hydrogen (secondary N) is 1. The molecule has 0 bridgehead atoms. The highest BCUT2D eigenvalue weighted by Crippen LogP contribution is 2.28. The highest BCUT2D eigenvalue weighted by atomic mass is 16.5. The van der Waals surface area contributed by atoms with Gasteiger partial charge in [-0.2, -0.15) is 0 Å². The van der Waals surface area contributed by atoms with Gasteiger partial charge in [-0.05, 0) is 37.6 Å². The molecule has 1 N–H and O–H groups in total. The summed E-state index contributed by atoms with van der Waals surface area (Å²) in [6, 6.07) is 6.50. The lowest BCUT2D eigenvalue weighted by atomic mass is 10.0. The van der Waals surface area contributed by atoms with Gasteiger partial charge < -0.3 is 14.5 Å². The Bertz CT molecular complexity index is 531. The normalized spacial score (nSPS) is 11.3. The Morgan fingerprint density at radius 1 is 1.32 bits per heavy atom. The number of benzene rings is 1. The van der Waals surface area contributed by atoms with Crippen molar-refractivity contribution in [3.8, 4) is 0 Å². The first kappa shape index (κ1) is 14.1. The standard InChI is InChI=1S/C16H23NO2/c1-4-5-6-12-7-8-15-13(9-12)14(11-18-3)16(19-15)10-17-2/h7-9,17H,4-6,10-11H2,1-3H3. The van der Waals surface area contributed by atoms with Gasteiger partial charge in [0, 0.05) is 18.1 Å². The summed E-state index contributed by atoms with van der Waals surface area (Å²) in [5.41, 5.74) is 3.51. The lowest BCUT2D eigenvalue weighted by Crippen LogP contribution is -2.06. The summed E-state index contributed by atoms with van der Waals surface area (Å²) >= 11 is 0. The Morgan fingerprint density at radius 3 is 2.84 bits per heavy atom. The Morgan fingerprint density at radius 2 is 2.16 bits per heavy atom. The molecule has 2 rings (SSSR count). The summed E-state index contributed by atoms with van der Waals surface area (Å²) < 4.78 is 11.2. The van der Waals surface area contributed by atoms with E-state index in [0.29, 0.717) is 6.61 Å². The van der Waals surface area contributed by atoms with Crippen LogP contribution in [-0.2, 0) is 24.3 Å². The van der Waals surface area contributed by atoms with Gasteiger partial charge in [-0.15, -0.1) is 0 Å². The van der Waals surface area contributed by atoms with Crippen LogP contribution in [0.2, 0.25) is 0 Å². The second-order valence-corrected chi connectivity index (χ2v) is 4.90. The second-order valence-electron chi connectivity index (χ2n) is 4.90. The molecule has 1 heterocycles. The predicted molar refractivity (Wildman–Crippen MR) is 78.3 cm³/mol. The molecule has 0 amide bonds. The Hall–Kier alpha value is -1.32. The Labute approximate surface area is 114 Å². The molecule has 19 heavy (non-hydrogen) atoms. The van der Waals surface area contributed by atoms with Gasteiger partial charge in [-0.1, -0.05) is 19.4 Å². The van der Waals surface area contributed by atoms with Gasteiger partial charge in [-0.25, -0.2) is 0 Å². The van der Waals surface area contributed by atoms with Gasteiger partial charge in [0.25, 0.3) is 0 Å². The van der Waals surface area contributed by atoms with Crippen LogP contribution < -0.4 is 5.32 Å². The first-order valence-electron chi connectivity index (χ1n) is 6.96. The van der Waals surface area contributed by atoms with E-state index in [4.69, 9.17) is 9.15 Å². The summed E-state index contributed by atoms with van der Waals surface area (Å²) in [6.45, 7) is 3.55. The highest BCUT2D eigenvalue weighted by molar-refractivity contribution is 5.83. The van der Waals surface area contributed by atoms with Crippen molar-refractivity contribution in [1.82, 2.24) is 5.32 Å². The lowest BCUT2D eigenvalue weighted by Gasteiger charge is -2.02. The van der Waals surface area contributed by atoms with Crippen LogP contribution in [-0.4, -0.2) is 14.2 Å². The molecule has 1 aromatic carbocycles. The largest absolute Gasteiger partial charge is 0.459 e. The van der Waals surface area contributed by atoms with Crippen molar-refractivity contribution in [2.24, 2.45) is 0 Å². The number of hydrogen-bond acceptors (Lipinski definition) is 3. The van der Waals surface area contributed by atoms with E-state index in [1.54, 1.807) is 7.11 Å². The van der Waals surface area contributed by atoms with Gasteiger partial charge in [0.05, 0.1) is 13.2 Å². The topological polar surface area (TPSA) is 34.4 Å². The van der Waals surface area contributed by atoms with Gasteiger partial charge in [0.15, 0.2) is 0 Å². The molecule has 0 aliphatic heterocycles. The maximum atomic E-state index is 5.91. The van der Waals surface area contributed by atoms with E-state index in [9.17, 15) is 0 Å².